The van der Waals surface area contributed by atoms with Crippen molar-refractivity contribution in [2.45, 2.75) is 39.7 Å². The Morgan fingerprint density at radius 2 is 1.77 bits per heavy atom. The van der Waals surface area contributed by atoms with Crippen LogP contribution in [0.5, 0.6) is 0 Å². The van der Waals surface area contributed by atoms with Gasteiger partial charge < -0.3 is 4.57 Å². The minimum atomic E-state index is -0.546. The number of benzene rings is 3. The predicted octanol–water partition coefficient (Wildman–Crippen LogP) is 5.92. The number of hydrogen-bond acceptors (Lipinski definition) is 3. The van der Waals surface area contributed by atoms with Crippen LogP contribution in [-0.2, 0) is 25.8 Å². The minimum Gasteiger partial charge on any atom is -0.340 e. The van der Waals surface area contributed by atoms with Crippen molar-refractivity contribution < 1.29 is 4.52 Å². The molecular weight excluding hydrogens is 434 g/mol. The molecule has 0 spiro atoms. The average molecular weight is 462 g/mol. The van der Waals surface area contributed by atoms with Gasteiger partial charge in [0.2, 0.25) is 0 Å². The first kappa shape index (κ1) is 21.4. The van der Waals surface area contributed by atoms with Crippen molar-refractivity contribution in [3.8, 4) is 0 Å². The van der Waals surface area contributed by atoms with E-state index in [-0.39, 0.29) is 0 Å². The van der Waals surface area contributed by atoms with Crippen LogP contribution in [0.4, 0.5) is 0 Å². The van der Waals surface area contributed by atoms with Gasteiger partial charge in [0.15, 0.2) is 5.82 Å². The molecule has 0 aliphatic heterocycles. The molecule has 5 heteroatoms. The van der Waals surface area contributed by atoms with Crippen LogP contribution in [0.1, 0.15) is 51.8 Å². The molecule has 3 aromatic carbocycles. The number of aromatic amines is 1. The number of aromatic nitrogens is 3. The Bertz CT molecular complexity index is 1650. The molecular formula is C30H27N3O2. The van der Waals surface area contributed by atoms with Crippen molar-refractivity contribution in [3.63, 3.8) is 0 Å². The van der Waals surface area contributed by atoms with Crippen LogP contribution < -0.4 is 5.76 Å². The minimum absolute atomic E-state index is 0.429. The van der Waals surface area contributed by atoms with Crippen molar-refractivity contribution in [1.29, 1.82) is 0 Å². The molecule has 0 unspecified atom stereocenters. The second-order valence-electron chi connectivity index (χ2n) is 9.22. The smallest absolute Gasteiger partial charge is 0.340 e. The third-order valence-electron chi connectivity index (χ3n) is 7.20. The van der Waals surface area contributed by atoms with Crippen molar-refractivity contribution in [2.24, 2.45) is 0 Å². The van der Waals surface area contributed by atoms with Crippen LogP contribution in [-0.4, -0.2) is 14.7 Å². The van der Waals surface area contributed by atoms with E-state index in [0.717, 1.165) is 31.4 Å². The highest BCUT2D eigenvalue weighted by molar-refractivity contribution is 5.93. The van der Waals surface area contributed by atoms with Crippen LogP contribution in [0.25, 0.3) is 22.6 Å². The van der Waals surface area contributed by atoms with Crippen LogP contribution in [0.3, 0.4) is 0 Å². The zero-order valence-corrected chi connectivity index (χ0v) is 20.0. The molecule has 174 valence electrons. The van der Waals surface area contributed by atoms with Gasteiger partial charge in [-0.2, -0.15) is 0 Å². The molecule has 2 heterocycles. The van der Waals surface area contributed by atoms with Gasteiger partial charge in [0.25, 0.3) is 0 Å². The third kappa shape index (κ3) is 3.73. The number of aryl methyl sites for hydroxylation is 3. The van der Waals surface area contributed by atoms with Crippen LogP contribution >= 0.6 is 0 Å². The maximum absolute atomic E-state index is 11.5. The van der Waals surface area contributed by atoms with Crippen molar-refractivity contribution in [2.75, 3.05) is 0 Å². The number of H-pyrrole nitrogens is 1. The summed E-state index contributed by atoms with van der Waals surface area (Å²) >= 11 is 0. The zero-order valence-electron chi connectivity index (χ0n) is 20.0. The lowest BCUT2D eigenvalue weighted by atomic mass is 9.92. The fourth-order valence-corrected chi connectivity index (χ4v) is 5.57. The van der Waals surface area contributed by atoms with Gasteiger partial charge in [-0.25, -0.2) is 4.79 Å². The molecule has 1 N–H and O–H groups in total. The SMILES string of the molecule is CCc1c(C)c2ccccc2n1Cc1ccc2c(c1)CCc1ccccc1C2=Cc1noc(=O)[nH]1. The third-order valence-corrected chi connectivity index (χ3v) is 7.20. The van der Waals surface area contributed by atoms with Crippen molar-refractivity contribution in [1.82, 2.24) is 14.7 Å². The zero-order chi connectivity index (χ0) is 23.9. The van der Waals surface area contributed by atoms with E-state index >= 15 is 0 Å². The monoisotopic (exact) mass is 461 g/mol. The van der Waals surface area contributed by atoms with Gasteiger partial charge in [0.05, 0.1) is 0 Å². The lowest BCUT2D eigenvalue weighted by Crippen LogP contribution is -2.05. The highest BCUT2D eigenvalue weighted by Gasteiger charge is 2.20. The quantitative estimate of drug-likeness (QED) is 0.361. The van der Waals surface area contributed by atoms with E-state index in [4.69, 9.17) is 4.52 Å². The van der Waals surface area contributed by atoms with Crippen molar-refractivity contribution in [3.05, 3.63) is 122 Å². The van der Waals surface area contributed by atoms with E-state index in [0.29, 0.717) is 5.82 Å². The number of rotatable bonds is 4. The Kier molecular flexibility index (Phi) is 5.25. The van der Waals surface area contributed by atoms with Crippen LogP contribution in [0.2, 0.25) is 0 Å². The van der Waals surface area contributed by atoms with Gasteiger partial charge in [0, 0.05) is 23.1 Å². The van der Waals surface area contributed by atoms with E-state index < -0.39 is 5.76 Å². The molecule has 5 nitrogen and oxygen atoms in total. The van der Waals surface area contributed by atoms with Gasteiger partial charge in [-0.15, -0.1) is 0 Å². The fourth-order valence-electron chi connectivity index (χ4n) is 5.57. The molecule has 0 saturated carbocycles. The summed E-state index contributed by atoms with van der Waals surface area (Å²) in [5.41, 5.74) is 11.4. The van der Waals surface area contributed by atoms with E-state index in [2.05, 4.69) is 95.3 Å². The molecule has 1 aliphatic carbocycles. The fraction of sp³-hybridized carbons (Fsp3) is 0.200. The van der Waals surface area contributed by atoms with Gasteiger partial charge >= 0.3 is 5.76 Å². The van der Waals surface area contributed by atoms with Crippen LogP contribution in [0, 0.1) is 6.92 Å². The molecule has 0 bridgehead atoms. The Hall–Kier alpha value is -4.12. The first-order chi connectivity index (χ1) is 17.1. The molecule has 0 atom stereocenters. The maximum Gasteiger partial charge on any atom is 0.439 e. The second kappa shape index (κ2) is 8.58. The molecule has 5 aromatic rings. The number of para-hydroxylation sites is 1. The number of nitrogens with zero attached hydrogens (tertiary/aromatic N) is 2. The van der Waals surface area contributed by atoms with Gasteiger partial charge in [-0.3, -0.25) is 9.51 Å². The standard InChI is InChI=1S/C30H27N3O2/c1-3-27-19(2)23-9-6-7-11-28(23)33(27)18-20-12-15-25-22(16-20)14-13-21-8-4-5-10-24(21)26(25)17-29-31-30(34)35-32-29/h4-12,15-17H,3,13-14,18H2,1-2H3,(H,31,32,34). The first-order valence-corrected chi connectivity index (χ1v) is 12.2. The number of nitrogens with one attached hydrogen (secondary N) is 1. The van der Waals surface area contributed by atoms with Gasteiger partial charge in [-0.05, 0) is 77.3 Å². The molecule has 0 radical (unpaired) electrons. The van der Waals surface area contributed by atoms with Gasteiger partial charge in [0.1, 0.15) is 0 Å². The van der Waals surface area contributed by atoms with E-state index in [1.54, 1.807) is 0 Å². The molecule has 1 aliphatic rings. The lowest BCUT2D eigenvalue weighted by Gasteiger charge is -2.15. The average Bonchev–Trinajstić information content (AvgIpc) is 3.36. The largest absolute Gasteiger partial charge is 0.439 e. The summed E-state index contributed by atoms with van der Waals surface area (Å²) in [6.45, 7) is 5.31. The molecule has 0 fully saturated rings. The van der Waals surface area contributed by atoms with Gasteiger partial charge in [-0.1, -0.05) is 72.7 Å². The summed E-state index contributed by atoms with van der Waals surface area (Å²) < 4.78 is 7.22. The lowest BCUT2D eigenvalue weighted by molar-refractivity contribution is 0.385. The highest BCUT2D eigenvalue weighted by atomic mass is 16.5. The number of fused-ring (bicyclic) bond motifs is 3. The second-order valence-corrected chi connectivity index (χ2v) is 9.22. The Morgan fingerprint density at radius 1 is 1.00 bits per heavy atom. The summed E-state index contributed by atoms with van der Waals surface area (Å²) in [7, 11) is 0. The summed E-state index contributed by atoms with van der Waals surface area (Å²) in [4.78, 5) is 14.2. The highest BCUT2D eigenvalue weighted by Crippen LogP contribution is 2.35. The normalized spacial score (nSPS) is 14.2. The van der Waals surface area contributed by atoms with Crippen LogP contribution in [0.15, 0.2) is 76.0 Å². The summed E-state index contributed by atoms with van der Waals surface area (Å²) in [6.07, 6.45) is 4.85. The van der Waals surface area contributed by atoms with E-state index in [1.807, 2.05) is 6.08 Å². The number of hydrogen-bond donors (Lipinski definition) is 1. The molecule has 6 rings (SSSR count). The predicted molar refractivity (Wildman–Crippen MR) is 140 cm³/mol. The molecule has 0 saturated heterocycles. The van der Waals surface area contributed by atoms with E-state index in [1.165, 1.54) is 50.0 Å². The first-order valence-electron chi connectivity index (χ1n) is 12.2. The summed E-state index contributed by atoms with van der Waals surface area (Å²) in [5, 5.41) is 5.22. The summed E-state index contributed by atoms with van der Waals surface area (Å²) in [6, 6.07) is 24.0. The maximum atomic E-state index is 11.5. The Morgan fingerprint density at radius 3 is 2.60 bits per heavy atom. The van der Waals surface area contributed by atoms with E-state index in [9.17, 15) is 4.79 Å². The molecule has 35 heavy (non-hydrogen) atoms. The Labute approximate surface area is 203 Å². The van der Waals surface area contributed by atoms with Crippen molar-refractivity contribution >= 4 is 22.6 Å². The molecule has 0 amide bonds. The molecule has 2 aromatic heterocycles. The Balaban J connectivity index is 1.46. The summed E-state index contributed by atoms with van der Waals surface area (Å²) in [5.74, 6) is -0.117. The topological polar surface area (TPSA) is 63.8 Å².